The van der Waals surface area contributed by atoms with E-state index in [2.05, 4.69) is 9.97 Å². The molecule has 0 unspecified atom stereocenters. The minimum absolute atomic E-state index is 0.0687. The first-order chi connectivity index (χ1) is 12.6. The molecule has 4 N–H and O–H groups in total. The van der Waals surface area contributed by atoms with E-state index in [0.29, 0.717) is 12.3 Å². The number of hydrogen-bond donors (Lipinski definition) is 2. The number of nitrogens with zero attached hydrogens (tertiary/aromatic N) is 2. The van der Waals surface area contributed by atoms with Crippen LogP contribution in [0.3, 0.4) is 0 Å². The summed E-state index contributed by atoms with van der Waals surface area (Å²) < 4.78 is 45.3. The molecular weight excluding hydrogens is 361 g/mol. The van der Waals surface area contributed by atoms with E-state index in [9.17, 15) is 18.0 Å². The highest BCUT2D eigenvalue weighted by Gasteiger charge is 2.37. The van der Waals surface area contributed by atoms with E-state index in [4.69, 9.17) is 16.2 Å². The first-order valence-electron chi connectivity index (χ1n) is 8.31. The number of aromatic nitrogens is 2. The van der Waals surface area contributed by atoms with Crippen molar-refractivity contribution >= 4 is 11.6 Å². The first kappa shape index (κ1) is 20.6. The Morgan fingerprint density at radius 3 is 2.56 bits per heavy atom. The van der Waals surface area contributed by atoms with Crippen molar-refractivity contribution in [2.24, 2.45) is 11.7 Å². The molecule has 0 amide bonds. The van der Waals surface area contributed by atoms with Gasteiger partial charge in [0.1, 0.15) is 18.1 Å². The van der Waals surface area contributed by atoms with Crippen LogP contribution >= 0.6 is 0 Å². The maximum Gasteiger partial charge on any atom is 0.418 e. The maximum atomic E-state index is 13.3. The van der Waals surface area contributed by atoms with E-state index in [-0.39, 0.29) is 29.9 Å². The Labute approximate surface area is 154 Å². The van der Waals surface area contributed by atoms with Crippen molar-refractivity contribution < 1.29 is 22.7 Å². The normalized spacial score (nSPS) is 12.9. The van der Waals surface area contributed by atoms with Crippen molar-refractivity contribution in [1.82, 2.24) is 9.97 Å². The van der Waals surface area contributed by atoms with Gasteiger partial charge in [0.2, 0.25) is 11.7 Å². The van der Waals surface area contributed by atoms with Gasteiger partial charge in [0, 0.05) is 18.3 Å². The molecule has 2 aromatic heterocycles. The second-order valence-corrected chi connectivity index (χ2v) is 6.51. The number of rotatable bonds is 7. The summed E-state index contributed by atoms with van der Waals surface area (Å²) in [6, 6.07) is 4.22. The quantitative estimate of drug-likeness (QED) is 0.713. The fourth-order valence-corrected chi connectivity index (χ4v) is 2.53. The van der Waals surface area contributed by atoms with Crippen molar-refractivity contribution in [2.75, 3.05) is 12.3 Å². The lowest BCUT2D eigenvalue weighted by Crippen LogP contribution is -2.29. The van der Waals surface area contributed by atoms with E-state index in [0.717, 1.165) is 12.1 Å². The van der Waals surface area contributed by atoms with Crippen LogP contribution in [0.15, 0.2) is 30.5 Å². The average Bonchev–Trinajstić information content (AvgIpc) is 2.58. The third kappa shape index (κ3) is 5.40. The van der Waals surface area contributed by atoms with Crippen molar-refractivity contribution in [1.29, 1.82) is 0 Å². The predicted octanol–water partition coefficient (Wildman–Crippen LogP) is 3.06. The molecule has 0 fully saturated rings. The molecule has 27 heavy (non-hydrogen) atoms. The smallest absolute Gasteiger partial charge is 0.418 e. The zero-order chi connectivity index (χ0) is 20.2. The Kier molecular flexibility index (Phi) is 6.37. The summed E-state index contributed by atoms with van der Waals surface area (Å²) in [7, 11) is 0. The lowest BCUT2D eigenvalue weighted by atomic mass is 10.0. The number of alkyl halides is 3. The molecule has 0 saturated carbocycles. The van der Waals surface area contributed by atoms with Gasteiger partial charge in [0.15, 0.2) is 0 Å². The summed E-state index contributed by atoms with van der Waals surface area (Å²) in [5.41, 5.74) is 9.39. The molecule has 0 aliphatic heterocycles. The molecule has 146 valence electrons. The molecule has 0 saturated heterocycles. The van der Waals surface area contributed by atoms with Gasteiger partial charge < -0.3 is 16.2 Å². The molecule has 6 nitrogen and oxygen atoms in total. The van der Waals surface area contributed by atoms with Gasteiger partial charge in [-0.05, 0) is 30.5 Å². The highest BCUT2D eigenvalue weighted by atomic mass is 19.4. The standard InChI is InChI=1S/C18H21F3N4O2/c1-10(2)8-11(22)9-27-14-6-5-13(18(19,20)21)15(25-14)16(26)12-4-3-7-24-17(12)23/h3-7,10-11H,8-9,22H2,1-2H3,(H2,23,24)/t11-/m0/s1. The highest BCUT2D eigenvalue weighted by molar-refractivity contribution is 6.11. The average molecular weight is 382 g/mol. The van der Waals surface area contributed by atoms with E-state index in [1.807, 2.05) is 13.8 Å². The number of ether oxygens (including phenoxy) is 1. The van der Waals surface area contributed by atoms with E-state index in [1.165, 1.54) is 18.3 Å². The largest absolute Gasteiger partial charge is 0.476 e. The molecule has 9 heteroatoms. The van der Waals surface area contributed by atoms with E-state index < -0.39 is 23.2 Å². The molecular formula is C18H21F3N4O2. The van der Waals surface area contributed by atoms with Crippen LogP contribution in [0.4, 0.5) is 19.0 Å². The first-order valence-corrected chi connectivity index (χ1v) is 8.31. The van der Waals surface area contributed by atoms with E-state index in [1.54, 1.807) is 0 Å². The van der Waals surface area contributed by atoms with Gasteiger partial charge >= 0.3 is 6.18 Å². The van der Waals surface area contributed by atoms with Crippen LogP contribution in [0.25, 0.3) is 0 Å². The molecule has 1 atom stereocenters. The SMILES string of the molecule is CC(C)C[C@H](N)COc1ccc(C(F)(F)F)c(C(=O)c2cccnc2N)n1. The van der Waals surface area contributed by atoms with E-state index >= 15 is 0 Å². The lowest BCUT2D eigenvalue weighted by Gasteiger charge is -2.16. The maximum absolute atomic E-state index is 13.3. The van der Waals surface area contributed by atoms with Gasteiger partial charge in [-0.15, -0.1) is 0 Å². The van der Waals surface area contributed by atoms with Gasteiger partial charge in [-0.1, -0.05) is 13.8 Å². The third-order valence-corrected chi connectivity index (χ3v) is 3.69. The molecule has 0 aliphatic rings. The van der Waals surface area contributed by atoms with Gasteiger partial charge in [0.25, 0.3) is 0 Å². The summed E-state index contributed by atoms with van der Waals surface area (Å²) in [6.07, 6.45) is -2.75. The number of nitrogens with two attached hydrogens (primary N) is 2. The van der Waals surface area contributed by atoms with Gasteiger partial charge in [-0.2, -0.15) is 13.2 Å². The van der Waals surface area contributed by atoms with Crippen LogP contribution in [0.2, 0.25) is 0 Å². The summed E-state index contributed by atoms with van der Waals surface area (Å²) >= 11 is 0. The lowest BCUT2D eigenvalue weighted by molar-refractivity contribution is -0.138. The van der Waals surface area contributed by atoms with Crippen LogP contribution in [0.1, 0.15) is 41.9 Å². The van der Waals surface area contributed by atoms with Crippen molar-refractivity contribution in [3.63, 3.8) is 0 Å². The predicted molar refractivity (Wildman–Crippen MR) is 94.2 cm³/mol. The molecule has 0 spiro atoms. The minimum Gasteiger partial charge on any atom is -0.476 e. The summed E-state index contributed by atoms with van der Waals surface area (Å²) in [4.78, 5) is 20.1. The van der Waals surface area contributed by atoms with Crippen LogP contribution in [0, 0.1) is 5.92 Å². The Bertz CT molecular complexity index is 809. The topological polar surface area (TPSA) is 104 Å². The molecule has 0 aliphatic carbocycles. The van der Waals surface area contributed by atoms with Crippen LogP contribution in [-0.2, 0) is 6.18 Å². The fraction of sp³-hybridized carbons (Fsp3) is 0.389. The number of anilines is 1. The number of ketones is 1. The summed E-state index contributed by atoms with van der Waals surface area (Å²) in [6.45, 7) is 4.05. The van der Waals surface area contributed by atoms with Crippen LogP contribution in [0.5, 0.6) is 5.88 Å². The Morgan fingerprint density at radius 1 is 1.26 bits per heavy atom. The third-order valence-electron chi connectivity index (χ3n) is 3.69. The van der Waals surface area contributed by atoms with Gasteiger partial charge in [0.05, 0.1) is 11.1 Å². The number of pyridine rings is 2. The second-order valence-electron chi connectivity index (χ2n) is 6.51. The van der Waals surface area contributed by atoms with Crippen molar-refractivity contribution in [2.45, 2.75) is 32.5 Å². The zero-order valence-corrected chi connectivity index (χ0v) is 15.0. The Morgan fingerprint density at radius 2 is 1.96 bits per heavy atom. The van der Waals surface area contributed by atoms with Gasteiger partial charge in [-0.3, -0.25) is 4.79 Å². The van der Waals surface area contributed by atoms with Crippen molar-refractivity contribution in [3.8, 4) is 5.88 Å². The van der Waals surface area contributed by atoms with Crippen LogP contribution < -0.4 is 16.2 Å². The number of halogens is 3. The highest BCUT2D eigenvalue weighted by Crippen LogP contribution is 2.33. The number of hydrogen-bond acceptors (Lipinski definition) is 6. The minimum atomic E-state index is -4.76. The zero-order valence-electron chi connectivity index (χ0n) is 15.0. The molecule has 2 rings (SSSR count). The second kappa shape index (κ2) is 8.34. The monoisotopic (exact) mass is 382 g/mol. The number of carbonyl (C=O) groups is 1. The number of carbonyl (C=O) groups excluding carboxylic acids is 1. The summed E-state index contributed by atoms with van der Waals surface area (Å²) in [5.74, 6) is -0.935. The molecule has 2 aromatic rings. The molecule has 0 bridgehead atoms. The van der Waals surface area contributed by atoms with Crippen molar-refractivity contribution in [3.05, 3.63) is 47.3 Å². The van der Waals surface area contributed by atoms with Crippen LogP contribution in [-0.4, -0.2) is 28.4 Å². The van der Waals surface area contributed by atoms with Gasteiger partial charge in [-0.25, -0.2) is 9.97 Å². The molecule has 0 radical (unpaired) electrons. The molecule has 2 heterocycles. The number of nitrogen functional groups attached to an aromatic ring is 1. The summed E-state index contributed by atoms with van der Waals surface area (Å²) in [5, 5.41) is 0. The Balaban J connectivity index is 2.35. The Hall–Kier alpha value is -2.68. The molecule has 0 aromatic carbocycles. The fourth-order valence-electron chi connectivity index (χ4n) is 2.53.